The summed E-state index contributed by atoms with van der Waals surface area (Å²) >= 11 is 6.69. The van der Waals surface area contributed by atoms with E-state index in [0.717, 1.165) is 0 Å². The van der Waals surface area contributed by atoms with Crippen LogP contribution in [0.1, 0.15) is 0 Å². The molecule has 1 aromatic heterocycles. The van der Waals surface area contributed by atoms with Gasteiger partial charge in [-0.25, -0.2) is 10.2 Å². The molecule has 0 aliphatic rings. The van der Waals surface area contributed by atoms with Crippen LogP contribution in [-0.2, 0) is 0 Å². The number of aromatic nitrogens is 1. The van der Waals surface area contributed by atoms with Gasteiger partial charge in [0.25, 0.3) is 0 Å². The Morgan fingerprint density at radius 1 is 1.88 bits per heavy atom. The van der Waals surface area contributed by atoms with Crippen molar-refractivity contribution in [2.75, 3.05) is 0 Å². The van der Waals surface area contributed by atoms with Gasteiger partial charge in [-0.05, 0) is 0 Å². The van der Waals surface area contributed by atoms with E-state index in [2.05, 4.69) is 17.1 Å². The highest BCUT2D eigenvalue weighted by atomic mass is 35.5. The second kappa shape index (κ2) is 4.57. The number of nitriles is 1. The fraction of sp³-hybridized carbons (Fsp3) is 0. The van der Waals surface area contributed by atoms with E-state index in [-0.39, 0.29) is 0 Å². The maximum absolute atomic E-state index is 6.50. The van der Waals surface area contributed by atoms with E-state index in [9.17, 15) is 0 Å². The number of rotatable bonds is 0. The molecule has 0 N–H and O–H groups in total. The molecular weight excluding hydrogens is 144 g/mol. The first-order valence-electron chi connectivity index (χ1n) is 1.63. The van der Waals surface area contributed by atoms with Gasteiger partial charge in [0.1, 0.15) is 4.34 Å². The molecule has 0 saturated carbocycles. The highest BCUT2D eigenvalue weighted by Gasteiger charge is 1.80. The Balaban J connectivity index is 0.000000222. The van der Waals surface area contributed by atoms with Gasteiger partial charge in [0.15, 0.2) is 5.51 Å². The molecule has 0 amide bonds. The summed E-state index contributed by atoms with van der Waals surface area (Å²) in [6, 6.07) is 0. The van der Waals surface area contributed by atoms with Gasteiger partial charge in [-0.1, -0.05) is 22.9 Å². The molecule has 0 atom stereocenters. The number of nitrogens with zero attached hydrogens (tertiary/aromatic N) is 2. The van der Waals surface area contributed by atoms with Crippen molar-refractivity contribution >= 4 is 22.9 Å². The van der Waals surface area contributed by atoms with Gasteiger partial charge < -0.3 is 0 Å². The zero-order chi connectivity index (χ0) is 6.41. The lowest BCUT2D eigenvalue weighted by Gasteiger charge is -1.59. The fourth-order valence-electron chi connectivity index (χ4n) is 0.173. The number of thiazole rings is 1. The Hall–Kier alpha value is -0.590. The minimum atomic E-state index is 0.690. The van der Waals surface area contributed by atoms with Crippen LogP contribution < -0.4 is 0 Å². The standard InChI is InChI=1S/C3HClNS.CHN/c4-3-1-5-2-6-3;1-2/h1H;1H. The Bertz CT molecular complexity index is 146. The Morgan fingerprint density at radius 2 is 2.50 bits per heavy atom. The first-order chi connectivity index (χ1) is 3.89. The van der Waals surface area contributed by atoms with Crippen molar-refractivity contribution in [3.8, 4) is 6.57 Å². The molecule has 0 bridgehead atoms. The molecule has 0 unspecified atom stereocenters. The molecule has 8 heavy (non-hydrogen) atoms. The van der Waals surface area contributed by atoms with Gasteiger partial charge in [-0.15, -0.1) is 0 Å². The summed E-state index contributed by atoms with van der Waals surface area (Å²) in [5.74, 6) is 0. The molecule has 1 aromatic rings. The topological polar surface area (TPSA) is 36.7 Å². The second-order valence-electron chi connectivity index (χ2n) is 0.756. The fourth-order valence-corrected chi connectivity index (χ4v) is 0.624. The SMILES string of the molecule is C#N.Clc1cn[c]s1. The lowest BCUT2D eigenvalue weighted by atomic mass is 11.0. The lowest BCUT2D eigenvalue weighted by molar-refractivity contribution is 1.41. The number of halogens is 1. The molecule has 41 valence electrons. The monoisotopic (exact) mass is 145 g/mol. The third-order valence-corrected chi connectivity index (χ3v) is 1.19. The van der Waals surface area contributed by atoms with Crippen LogP contribution in [0, 0.1) is 17.3 Å². The van der Waals surface area contributed by atoms with E-state index in [4.69, 9.17) is 16.9 Å². The maximum atomic E-state index is 6.50. The van der Waals surface area contributed by atoms with Crippen molar-refractivity contribution in [1.29, 1.82) is 5.26 Å². The highest BCUT2D eigenvalue weighted by Crippen LogP contribution is 2.10. The molecular formula is C4H2ClN2S. The van der Waals surface area contributed by atoms with Crippen LogP contribution in [-0.4, -0.2) is 4.98 Å². The van der Waals surface area contributed by atoms with Crippen LogP contribution in [0.2, 0.25) is 4.34 Å². The predicted molar refractivity (Wildman–Crippen MR) is 32.6 cm³/mol. The predicted octanol–water partition coefficient (Wildman–Crippen LogP) is 1.74. The molecule has 0 spiro atoms. The van der Waals surface area contributed by atoms with E-state index in [0.29, 0.717) is 4.34 Å². The van der Waals surface area contributed by atoms with E-state index in [1.165, 1.54) is 11.3 Å². The molecule has 0 saturated heterocycles. The van der Waals surface area contributed by atoms with Crippen LogP contribution >= 0.6 is 22.9 Å². The van der Waals surface area contributed by atoms with Crippen LogP contribution in [0.25, 0.3) is 0 Å². The summed E-state index contributed by atoms with van der Waals surface area (Å²) in [5.41, 5.74) is 2.59. The Labute approximate surface area is 56.4 Å². The molecule has 4 heteroatoms. The Kier molecular flexibility index (Phi) is 4.23. The summed E-state index contributed by atoms with van der Waals surface area (Å²) in [6.45, 7) is 3.50. The molecule has 0 fully saturated rings. The normalized spacial score (nSPS) is 6.88. The minimum absolute atomic E-state index is 0.690. The third kappa shape index (κ3) is 2.56. The van der Waals surface area contributed by atoms with Crippen molar-refractivity contribution in [3.63, 3.8) is 0 Å². The zero-order valence-corrected chi connectivity index (χ0v) is 5.41. The van der Waals surface area contributed by atoms with Crippen molar-refractivity contribution in [1.82, 2.24) is 4.98 Å². The van der Waals surface area contributed by atoms with Gasteiger partial charge in [-0.3, -0.25) is 0 Å². The number of hydrogen-bond donors (Lipinski definition) is 0. The molecule has 0 aromatic carbocycles. The van der Waals surface area contributed by atoms with E-state index < -0.39 is 0 Å². The van der Waals surface area contributed by atoms with Crippen LogP contribution in [0.3, 0.4) is 0 Å². The lowest BCUT2D eigenvalue weighted by Crippen LogP contribution is -1.42. The van der Waals surface area contributed by atoms with Gasteiger partial charge >= 0.3 is 0 Å². The van der Waals surface area contributed by atoms with Gasteiger partial charge in [0, 0.05) is 6.57 Å². The van der Waals surface area contributed by atoms with Gasteiger partial charge in [0.05, 0.1) is 6.20 Å². The number of hydrogen-bond acceptors (Lipinski definition) is 3. The van der Waals surface area contributed by atoms with Gasteiger partial charge in [0.2, 0.25) is 0 Å². The first-order valence-corrected chi connectivity index (χ1v) is 2.82. The molecule has 0 aliphatic carbocycles. The molecule has 2 nitrogen and oxygen atoms in total. The maximum Gasteiger partial charge on any atom is 0.153 e. The summed E-state index contributed by atoms with van der Waals surface area (Å²) in [5, 5.41) is 6.50. The van der Waals surface area contributed by atoms with Crippen molar-refractivity contribution in [2.24, 2.45) is 0 Å². The van der Waals surface area contributed by atoms with Crippen LogP contribution in [0.15, 0.2) is 6.20 Å². The van der Waals surface area contributed by atoms with E-state index in [1.807, 2.05) is 0 Å². The van der Waals surface area contributed by atoms with E-state index >= 15 is 0 Å². The third-order valence-electron chi connectivity index (χ3n) is 0.362. The smallest absolute Gasteiger partial charge is 0.153 e. The second-order valence-corrected chi connectivity index (χ2v) is 2.21. The summed E-state index contributed by atoms with van der Waals surface area (Å²) in [6.07, 6.45) is 1.56. The Morgan fingerprint density at radius 3 is 2.62 bits per heavy atom. The van der Waals surface area contributed by atoms with Crippen molar-refractivity contribution < 1.29 is 0 Å². The summed E-state index contributed by atoms with van der Waals surface area (Å²) < 4.78 is 0.690. The zero-order valence-electron chi connectivity index (χ0n) is 3.84. The average Bonchev–Trinajstić information content (AvgIpc) is 2.24. The summed E-state index contributed by atoms with van der Waals surface area (Å²) in [7, 11) is 0. The van der Waals surface area contributed by atoms with Crippen molar-refractivity contribution in [2.45, 2.75) is 0 Å². The molecule has 1 radical (unpaired) electrons. The minimum Gasteiger partial charge on any atom is -0.240 e. The average molecular weight is 146 g/mol. The quantitative estimate of drug-likeness (QED) is 0.558. The first kappa shape index (κ1) is 7.41. The molecule has 1 rings (SSSR count). The van der Waals surface area contributed by atoms with Crippen LogP contribution in [0.4, 0.5) is 0 Å². The van der Waals surface area contributed by atoms with Crippen molar-refractivity contribution in [3.05, 3.63) is 16.0 Å². The highest BCUT2D eigenvalue weighted by molar-refractivity contribution is 7.13. The molecule has 0 aliphatic heterocycles. The van der Waals surface area contributed by atoms with Crippen LogP contribution in [0.5, 0.6) is 0 Å². The molecule has 1 heterocycles. The van der Waals surface area contributed by atoms with Gasteiger partial charge in [-0.2, -0.15) is 0 Å². The largest absolute Gasteiger partial charge is 0.240 e. The van der Waals surface area contributed by atoms with E-state index in [1.54, 1.807) is 6.20 Å². The summed E-state index contributed by atoms with van der Waals surface area (Å²) in [4.78, 5) is 3.58.